The Morgan fingerprint density at radius 1 is 1.00 bits per heavy atom. The zero-order chi connectivity index (χ0) is 19.3. The molecule has 6 nitrogen and oxygen atoms in total. The summed E-state index contributed by atoms with van der Waals surface area (Å²) in [5.41, 5.74) is 2.25. The van der Waals surface area contributed by atoms with Gasteiger partial charge in [-0.15, -0.1) is 0 Å². The highest BCUT2D eigenvalue weighted by Gasteiger charge is 2.24. The minimum absolute atomic E-state index is 0.125. The summed E-state index contributed by atoms with van der Waals surface area (Å²) in [5.74, 6) is 2.03. The highest BCUT2D eigenvalue weighted by atomic mass is 16.5. The molecule has 28 heavy (non-hydrogen) atoms. The number of aromatic nitrogens is 3. The van der Waals surface area contributed by atoms with Crippen LogP contribution in [0.25, 0.3) is 0 Å². The van der Waals surface area contributed by atoms with E-state index in [1.807, 2.05) is 42.5 Å². The Labute approximate surface area is 164 Å². The van der Waals surface area contributed by atoms with Crippen molar-refractivity contribution >= 4 is 0 Å². The van der Waals surface area contributed by atoms with Gasteiger partial charge in [0.2, 0.25) is 0 Å². The molecule has 0 bridgehead atoms. The Bertz CT molecular complexity index is 939. The molecule has 2 aromatic carbocycles. The fraction of sp³-hybridized carbons (Fsp3) is 0.364. The first kappa shape index (κ1) is 18.5. The lowest BCUT2D eigenvalue weighted by Crippen LogP contribution is -2.32. The third kappa shape index (κ3) is 4.34. The van der Waals surface area contributed by atoms with E-state index in [1.165, 1.54) is 10.2 Å². The Balaban J connectivity index is 1.34. The van der Waals surface area contributed by atoms with Crippen molar-refractivity contribution < 1.29 is 4.74 Å². The Morgan fingerprint density at radius 3 is 2.36 bits per heavy atom. The molecule has 1 aliphatic rings. The van der Waals surface area contributed by atoms with Crippen LogP contribution >= 0.6 is 0 Å². The molecule has 0 atom stereocenters. The van der Waals surface area contributed by atoms with Crippen LogP contribution in [0.2, 0.25) is 0 Å². The summed E-state index contributed by atoms with van der Waals surface area (Å²) in [6.07, 6.45) is 2.02. The lowest BCUT2D eigenvalue weighted by Gasteiger charge is -2.30. The average Bonchev–Trinajstić information content (AvgIpc) is 3.10. The van der Waals surface area contributed by atoms with E-state index in [0.29, 0.717) is 12.5 Å². The Hall–Kier alpha value is -2.86. The molecule has 0 amide bonds. The summed E-state index contributed by atoms with van der Waals surface area (Å²) in [7, 11) is 1.69. The quantitative estimate of drug-likeness (QED) is 0.716. The second-order valence-corrected chi connectivity index (χ2v) is 7.36. The van der Waals surface area contributed by atoms with Crippen molar-refractivity contribution in [3.8, 4) is 5.75 Å². The van der Waals surface area contributed by atoms with Crippen molar-refractivity contribution in [2.45, 2.75) is 31.8 Å². The van der Waals surface area contributed by atoms with Crippen molar-refractivity contribution in [3.05, 3.63) is 82.0 Å². The lowest BCUT2D eigenvalue weighted by atomic mass is 9.96. The van der Waals surface area contributed by atoms with E-state index in [9.17, 15) is 4.79 Å². The second-order valence-electron chi connectivity index (χ2n) is 7.36. The maximum Gasteiger partial charge on any atom is 0.343 e. The number of rotatable bonds is 6. The normalized spacial score (nSPS) is 15.6. The molecule has 1 fully saturated rings. The number of hydrogen-bond acceptors (Lipinski definition) is 4. The van der Waals surface area contributed by atoms with Crippen LogP contribution in [0.3, 0.4) is 0 Å². The number of ether oxygens (including phenoxy) is 1. The van der Waals surface area contributed by atoms with E-state index in [0.717, 1.165) is 49.6 Å². The number of nitrogens with zero attached hydrogens (tertiary/aromatic N) is 3. The van der Waals surface area contributed by atoms with Gasteiger partial charge in [0.15, 0.2) is 0 Å². The van der Waals surface area contributed by atoms with Gasteiger partial charge in [-0.05, 0) is 49.2 Å². The first-order chi connectivity index (χ1) is 13.7. The minimum atomic E-state index is -0.125. The standard InChI is InChI=1S/C22H26N4O2/c1-28-20-9-7-18(8-10-20)15-25-13-11-19(12-14-25)21-23-22(27)26(24-21)16-17-5-3-2-4-6-17/h2-10,19H,11-16H2,1H3,(H,23,24,27). The van der Waals surface area contributed by atoms with Gasteiger partial charge in [-0.25, -0.2) is 9.48 Å². The predicted molar refractivity (Wildman–Crippen MR) is 109 cm³/mol. The molecular weight excluding hydrogens is 352 g/mol. The molecule has 0 aliphatic carbocycles. The number of piperidine rings is 1. The van der Waals surface area contributed by atoms with Crippen molar-refractivity contribution in [2.75, 3.05) is 20.2 Å². The molecule has 1 saturated heterocycles. The molecule has 2 heterocycles. The fourth-order valence-electron chi connectivity index (χ4n) is 3.78. The molecule has 0 saturated carbocycles. The summed E-state index contributed by atoms with van der Waals surface area (Å²) in [4.78, 5) is 17.7. The van der Waals surface area contributed by atoms with Crippen molar-refractivity contribution in [2.24, 2.45) is 0 Å². The summed E-state index contributed by atoms with van der Waals surface area (Å²) in [6, 6.07) is 18.2. The number of H-pyrrole nitrogens is 1. The summed E-state index contributed by atoms with van der Waals surface area (Å²) in [5, 5.41) is 4.57. The van der Waals surface area contributed by atoms with E-state index in [1.54, 1.807) is 7.11 Å². The van der Waals surface area contributed by atoms with Gasteiger partial charge in [0.05, 0.1) is 13.7 Å². The minimum Gasteiger partial charge on any atom is -0.497 e. The van der Waals surface area contributed by atoms with Crippen LogP contribution < -0.4 is 10.4 Å². The zero-order valence-electron chi connectivity index (χ0n) is 16.2. The number of hydrogen-bond donors (Lipinski definition) is 1. The van der Waals surface area contributed by atoms with Crippen LogP contribution in [0, 0.1) is 0 Å². The molecule has 1 aliphatic heterocycles. The molecule has 1 aromatic heterocycles. The van der Waals surface area contributed by atoms with Crippen LogP contribution in [0.4, 0.5) is 0 Å². The molecular formula is C22H26N4O2. The maximum absolute atomic E-state index is 12.3. The number of aromatic amines is 1. The van der Waals surface area contributed by atoms with Gasteiger partial charge in [0.25, 0.3) is 0 Å². The van der Waals surface area contributed by atoms with Crippen LogP contribution in [0.1, 0.15) is 35.7 Å². The summed E-state index contributed by atoms with van der Waals surface area (Å²) in [6.45, 7) is 3.46. The second kappa shape index (κ2) is 8.44. The van der Waals surface area contributed by atoms with E-state index >= 15 is 0 Å². The Kier molecular flexibility index (Phi) is 5.58. The van der Waals surface area contributed by atoms with E-state index in [-0.39, 0.29) is 5.69 Å². The summed E-state index contributed by atoms with van der Waals surface area (Å²) < 4.78 is 6.76. The Morgan fingerprint density at radius 2 is 1.68 bits per heavy atom. The van der Waals surface area contributed by atoms with Crippen LogP contribution in [-0.2, 0) is 13.1 Å². The average molecular weight is 378 g/mol. The van der Waals surface area contributed by atoms with Crippen molar-refractivity contribution in [1.29, 1.82) is 0 Å². The highest BCUT2D eigenvalue weighted by molar-refractivity contribution is 5.27. The molecule has 0 spiro atoms. The molecule has 1 N–H and O–H groups in total. The van der Waals surface area contributed by atoms with Crippen molar-refractivity contribution in [3.63, 3.8) is 0 Å². The molecule has 3 aromatic rings. The maximum atomic E-state index is 12.3. The number of nitrogens with one attached hydrogen (secondary N) is 1. The van der Waals surface area contributed by atoms with Gasteiger partial charge in [-0.3, -0.25) is 9.88 Å². The van der Waals surface area contributed by atoms with Gasteiger partial charge in [-0.2, -0.15) is 5.10 Å². The van der Waals surface area contributed by atoms with E-state index in [2.05, 4.69) is 27.1 Å². The summed E-state index contributed by atoms with van der Waals surface area (Å²) >= 11 is 0. The monoisotopic (exact) mass is 378 g/mol. The van der Waals surface area contributed by atoms with E-state index in [4.69, 9.17) is 4.74 Å². The molecule has 4 rings (SSSR count). The largest absolute Gasteiger partial charge is 0.497 e. The SMILES string of the molecule is COc1ccc(CN2CCC(c3nn(Cc4ccccc4)c(=O)[nH]3)CC2)cc1. The first-order valence-electron chi connectivity index (χ1n) is 9.77. The predicted octanol–water partition coefficient (Wildman–Crippen LogP) is 3.01. The molecule has 0 unspecified atom stereocenters. The van der Waals surface area contributed by atoms with Crippen LogP contribution in [0.15, 0.2) is 59.4 Å². The fourth-order valence-corrected chi connectivity index (χ4v) is 3.78. The topological polar surface area (TPSA) is 63.1 Å². The smallest absolute Gasteiger partial charge is 0.343 e. The third-order valence-corrected chi connectivity index (χ3v) is 5.41. The number of methoxy groups -OCH3 is 1. The number of benzene rings is 2. The van der Waals surface area contributed by atoms with Crippen LogP contribution in [-0.4, -0.2) is 39.9 Å². The van der Waals surface area contributed by atoms with Gasteiger partial charge in [0, 0.05) is 12.5 Å². The van der Waals surface area contributed by atoms with Crippen molar-refractivity contribution in [1.82, 2.24) is 19.7 Å². The first-order valence-corrected chi connectivity index (χ1v) is 9.77. The highest BCUT2D eigenvalue weighted by Crippen LogP contribution is 2.26. The lowest BCUT2D eigenvalue weighted by molar-refractivity contribution is 0.201. The molecule has 6 heteroatoms. The molecule has 0 radical (unpaired) electrons. The zero-order valence-corrected chi connectivity index (χ0v) is 16.2. The molecule has 146 valence electrons. The van der Waals surface area contributed by atoms with Gasteiger partial charge in [0.1, 0.15) is 11.6 Å². The van der Waals surface area contributed by atoms with E-state index < -0.39 is 0 Å². The van der Waals surface area contributed by atoms with Gasteiger partial charge < -0.3 is 4.74 Å². The number of likely N-dealkylation sites (tertiary alicyclic amines) is 1. The van der Waals surface area contributed by atoms with Gasteiger partial charge in [-0.1, -0.05) is 42.5 Å². The van der Waals surface area contributed by atoms with Gasteiger partial charge >= 0.3 is 5.69 Å². The van der Waals surface area contributed by atoms with Crippen LogP contribution in [0.5, 0.6) is 5.75 Å². The third-order valence-electron chi connectivity index (χ3n) is 5.41.